The maximum atomic E-state index is 5.25. The summed E-state index contributed by atoms with van der Waals surface area (Å²) < 4.78 is 10.5. The van der Waals surface area contributed by atoms with Crippen LogP contribution in [0.5, 0.6) is 0 Å². The van der Waals surface area contributed by atoms with Crippen LogP contribution in [0, 0.1) is 0 Å². The fourth-order valence-corrected chi connectivity index (χ4v) is 1.21. The average Bonchev–Trinajstić information content (AvgIpc) is 2.57. The van der Waals surface area contributed by atoms with E-state index in [9.17, 15) is 0 Å². The zero-order valence-electron chi connectivity index (χ0n) is 7.79. The third-order valence-electron chi connectivity index (χ3n) is 1.92. The van der Waals surface area contributed by atoms with Crippen LogP contribution in [0.15, 0.2) is 12.2 Å². The smallest absolute Gasteiger partial charge is 0.177 e. The summed E-state index contributed by atoms with van der Waals surface area (Å²) in [7, 11) is 0. The molecule has 1 aliphatic rings. The molecular weight excluding hydrogens is 152 g/mol. The van der Waals surface area contributed by atoms with E-state index >= 15 is 0 Å². The summed E-state index contributed by atoms with van der Waals surface area (Å²) in [6, 6.07) is 0. The molecule has 1 saturated heterocycles. The Morgan fingerprint density at radius 1 is 1.25 bits per heavy atom. The first-order valence-corrected chi connectivity index (χ1v) is 4.83. The Kier molecular flexibility index (Phi) is 5.04. The summed E-state index contributed by atoms with van der Waals surface area (Å²) in [4.78, 5) is 0. The Morgan fingerprint density at radius 2 is 2.00 bits per heavy atom. The maximum absolute atomic E-state index is 5.25. The van der Waals surface area contributed by atoms with E-state index in [0.717, 1.165) is 19.6 Å². The van der Waals surface area contributed by atoms with E-state index in [1.807, 2.05) is 6.08 Å². The molecule has 1 aliphatic heterocycles. The lowest BCUT2D eigenvalue weighted by atomic mass is 10.2. The molecule has 0 aliphatic carbocycles. The lowest BCUT2D eigenvalue weighted by Gasteiger charge is -2.00. The summed E-state index contributed by atoms with van der Waals surface area (Å²) in [5.41, 5.74) is 0. The van der Waals surface area contributed by atoms with Crippen molar-refractivity contribution in [1.29, 1.82) is 0 Å². The number of allylic oxidation sites excluding steroid dienone is 1. The minimum atomic E-state index is -0.0633. The normalized spacial score (nSPS) is 19.4. The van der Waals surface area contributed by atoms with Gasteiger partial charge in [-0.15, -0.1) is 0 Å². The van der Waals surface area contributed by atoms with Crippen LogP contribution in [-0.4, -0.2) is 19.5 Å². The molecule has 2 heteroatoms. The van der Waals surface area contributed by atoms with Crippen LogP contribution >= 0.6 is 0 Å². The van der Waals surface area contributed by atoms with Gasteiger partial charge in [-0.3, -0.25) is 0 Å². The van der Waals surface area contributed by atoms with E-state index in [0.29, 0.717) is 0 Å². The molecule has 1 heterocycles. The summed E-state index contributed by atoms with van der Waals surface area (Å²) in [6.45, 7) is 3.70. The largest absolute Gasteiger partial charge is 0.347 e. The number of hydrogen-bond donors (Lipinski definition) is 0. The Labute approximate surface area is 74.6 Å². The zero-order valence-corrected chi connectivity index (χ0v) is 7.79. The van der Waals surface area contributed by atoms with Gasteiger partial charge in [0.1, 0.15) is 0 Å². The Morgan fingerprint density at radius 3 is 2.67 bits per heavy atom. The molecule has 70 valence electrons. The average molecular weight is 170 g/mol. The molecule has 2 nitrogen and oxygen atoms in total. The van der Waals surface area contributed by atoms with Gasteiger partial charge in [0.2, 0.25) is 0 Å². The third kappa shape index (κ3) is 3.88. The topological polar surface area (TPSA) is 18.5 Å². The number of ether oxygens (including phenoxy) is 2. The lowest BCUT2D eigenvalue weighted by Crippen LogP contribution is -2.01. The van der Waals surface area contributed by atoms with Gasteiger partial charge in [0.05, 0.1) is 13.2 Å². The molecule has 0 saturated carbocycles. The van der Waals surface area contributed by atoms with E-state index in [-0.39, 0.29) is 6.29 Å². The zero-order chi connectivity index (χ0) is 8.65. The fourth-order valence-electron chi connectivity index (χ4n) is 1.21. The minimum absolute atomic E-state index is 0.0633. The van der Waals surface area contributed by atoms with E-state index in [2.05, 4.69) is 13.0 Å². The summed E-state index contributed by atoms with van der Waals surface area (Å²) >= 11 is 0. The van der Waals surface area contributed by atoms with Crippen molar-refractivity contribution in [3.8, 4) is 0 Å². The van der Waals surface area contributed by atoms with Crippen molar-refractivity contribution in [2.24, 2.45) is 0 Å². The van der Waals surface area contributed by atoms with Crippen LogP contribution < -0.4 is 0 Å². The van der Waals surface area contributed by atoms with Gasteiger partial charge >= 0.3 is 0 Å². The van der Waals surface area contributed by atoms with Gasteiger partial charge in [-0.05, 0) is 18.9 Å². The second-order valence-electron chi connectivity index (χ2n) is 3.03. The molecule has 0 atom stereocenters. The number of unbranched alkanes of at least 4 members (excludes halogenated alkanes) is 3. The molecule has 0 bridgehead atoms. The molecule has 0 spiro atoms. The van der Waals surface area contributed by atoms with Crippen molar-refractivity contribution >= 4 is 0 Å². The van der Waals surface area contributed by atoms with Crippen molar-refractivity contribution in [1.82, 2.24) is 0 Å². The molecule has 0 aromatic carbocycles. The van der Waals surface area contributed by atoms with E-state index < -0.39 is 0 Å². The van der Waals surface area contributed by atoms with Gasteiger partial charge in [-0.1, -0.05) is 25.8 Å². The van der Waals surface area contributed by atoms with Crippen molar-refractivity contribution in [2.45, 2.75) is 38.9 Å². The summed E-state index contributed by atoms with van der Waals surface area (Å²) in [6.07, 6.45) is 9.14. The second kappa shape index (κ2) is 6.21. The van der Waals surface area contributed by atoms with Crippen LogP contribution in [0.3, 0.4) is 0 Å². The Bertz CT molecular complexity index is 126. The predicted molar refractivity (Wildman–Crippen MR) is 49.0 cm³/mol. The monoisotopic (exact) mass is 170 g/mol. The van der Waals surface area contributed by atoms with Crippen molar-refractivity contribution in [3.05, 3.63) is 12.2 Å². The highest BCUT2D eigenvalue weighted by Crippen LogP contribution is 2.06. The fraction of sp³-hybridized carbons (Fsp3) is 0.800. The minimum Gasteiger partial charge on any atom is -0.347 e. The molecule has 0 radical (unpaired) electrons. The number of rotatable bonds is 5. The summed E-state index contributed by atoms with van der Waals surface area (Å²) in [5, 5.41) is 0. The third-order valence-corrected chi connectivity index (χ3v) is 1.92. The highest BCUT2D eigenvalue weighted by atomic mass is 16.7. The van der Waals surface area contributed by atoms with Gasteiger partial charge in [-0.25, -0.2) is 0 Å². The molecule has 1 rings (SSSR count). The quantitative estimate of drug-likeness (QED) is 0.466. The Hall–Kier alpha value is -0.340. The van der Waals surface area contributed by atoms with Crippen molar-refractivity contribution in [3.63, 3.8) is 0 Å². The van der Waals surface area contributed by atoms with Gasteiger partial charge in [0, 0.05) is 0 Å². The van der Waals surface area contributed by atoms with Crippen LogP contribution in [0.4, 0.5) is 0 Å². The van der Waals surface area contributed by atoms with Gasteiger partial charge in [0.25, 0.3) is 0 Å². The molecule has 12 heavy (non-hydrogen) atoms. The predicted octanol–water partition coefficient (Wildman–Crippen LogP) is 2.50. The van der Waals surface area contributed by atoms with Crippen molar-refractivity contribution in [2.75, 3.05) is 13.2 Å². The molecule has 0 aromatic rings. The van der Waals surface area contributed by atoms with Crippen molar-refractivity contribution < 1.29 is 9.47 Å². The first-order valence-electron chi connectivity index (χ1n) is 4.83. The molecule has 0 N–H and O–H groups in total. The number of hydrogen-bond acceptors (Lipinski definition) is 2. The highest BCUT2D eigenvalue weighted by molar-refractivity contribution is 4.86. The second-order valence-corrected chi connectivity index (χ2v) is 3.03. The summed E-state index contributed by atoms with van der Waals surface area (Å²) in [5.74, 6) is 0. The molecule has 1 fully saturated rings. The maximum Gasteiger partial charge on any atom is 0.177 e. The van der Waals surface area contributed by atoms with Crippen LogP contribution in [0.1, 0.15) is 32.6 Å². The van der Waals surface area contributed by atoms with E-state index in [1.165, 1.54) is 19.3 Å². The first-order chi connectivity index (χ1) is 5.93. The molecular formula is C10H18O2. The molecule has 0 aromatic heterocycles. The first kappa shape index (κ1) is 9.75. The van der Waals surface area contributed by atoms with Gasteiger partial charge in [0.15, 0.2) is 6.29 Å². The van der Waals surface area contributed by atoms with Crippen LogP contribution in [-0.2, 0) is 9.47 Å². The standard InChI is InChI=1S/C10H18O2/c1-2-3-4-5-6-7-10-11-8-9-12-10/h6-7,10H,2-5,8-9H2,1H3/b7-6+. The Balaban J connectivity index is 1.97. The van der Waals surface area contributed by atoms with E-state index in [1.54, 1.807) is 0 Å². The SMILES string of the molecule is CCCCC/C=C/C1OCCO1. The van der Waals surface area contributed by atoms with Gasteiger partial charge < -0.3 is 9.47 Å². The molecule has 0 amide bonds. The molecule has 0 unspecified atom stereocenters. The van der Waals surface area contributed by atoms with Crippen LogP contribution in [0.25, 0.3) is 0 Å². The van der Waals surface area contributed by atoms with Crippen LogP contribution in [0.2, 0.25) is 0 Å². The van der Waals surface area contributed by atoms with E-state index in [4.69, 9.17) is 9.47 Å². The van der Waals surface area contributed by atoms with Gasteiger partial charge in [-0.2, -0.15) is 0 Å². The lowest BCUT2D eigenvalue weighted by molar-refractivity contribution is -0.00173. The highest BCUT2D eigenvalue weighted by Gasteiger charge is 2.10.